The molecule has 84 valence electrons. The summed E-state index contributed by atoms with van der Waals surface area (Å²) < 4.78 is 25.9. The molecule has 0 aromatic carbocycles. The van der Waals surface area contributed by atoms with E-state index in [9.17, 15) is 8.42 Å². The molecule has 0 saturated carbocycles. The number of rotatable bonds is 3. The Morgan fingerprint density at radius 2 is 2.47 bits per heavy atom. The van der Waals surface area contributed by atoms with Crippen LogP contribution in [-0.2, 0) is 10.0 Å². The molecule has 1 fully saturated rings. The largest absolute Gasteiger partial charge is 0.284 e. The van der Waals surface area contributed by atoms with Gasteiger partial charge in [0.05, 0.1) is 6.20 Å². The minimum atomic E-state index is -3.32. The molecule has 15 heavy (non-hydrogen) atoms. The van der Waals surface area contributed by atoms with Crippen LogP contribution >= 0.6 is 0 Å². The highest BCUT2D eigenvalue weighted by molar-refractivity contribution is 7.89. The van der Waals surface area contributed by atoms with E-state index in [1.807, 2.05) is 6.92 Å². The first-order valence-corrected chi connectivity index (χ1v) is 6.61. The van der Waals surface area contributed by atoms with Crippen LogP contribution in [0.3, 0.4) is 0 Å². The molecule has 1 N–H and O–H groups in total. The zero-order chi connectivity index (χ0) is 10.9. The molecule has 5 nitrogen and oxygen atoms in total. The lowest BCUT2D eigenvalue weighted by atomic mass is 10.2. The summed E-state index contributed by atoms with van der Waals surface area (Å²) in [6, 6.07) is 0.157. The van der Waals surface area contributed by atoms with Crippen LogP contribution in [-0.4, -0.2) is 35.5 Å². The third-order valence-corrected chi connectivity index (χ3v) is 4.79. The highest BCUT2D eigenvalue weighted by Crippen LogP contribution is 2.26. The van der Waals surface area contributed by atoms with Crippen LogP contribution in [0.1, 0.15) is 26.2 Å². The monoisotopic (exact) mass is 229 g/mol. The van der Waals surface area contributed by atoms with Crippen molar-refractivity contribution in [2.24, 2.45) is 0 Å². The third kappa shape index (κ3) is 1.79. The maximum atomic E-state index is 12.1. The van der Waals surface area contributed by atoms with E-state index in [1.54, 1.807) is 4.31 Å². The number of hydrogen-bond acceptors (Lipinski definition) is 3. The van der Waals surface area contributed by atoms with Crippen molar-refractivity contribution in [2.75, 3.05) is 6.54 Å². The van der Waals surface area contributed by atoms with Crippen LogP contribution < -0.4 is 0 Å². The van der Waals surface area contributed by atoms with E-state index in [1.165, 1.54) is 12.4 Å². The smallest absolute Gasteiger partial charge is 0.246 e. The van der Waals surface area contributed by atoms with E-state index in [-0.39, 0.29) is 10.9 Å². The number of sulfonamides is 1. The Bertz CT molecular complexity index is 413. The van der Waals surface area contributed by atoms with Gasteiger partial charge in [-0.1, -0.05) is 6.92 Å². The first-order valence-electron chi connectivity index (χ1n) is 5.17. The first-order chi connectivity index (χ1) is 7.16. The third-order valence-electron chi connectivity index (χ3n) is 2.87. The molecule has 1 aromatic rings. The van der Waals surface area contributed by atoms with E-state index in [4.69, 9.17) is 0 Å². The maximum absolute atomic E-state index is 12.1. The minimum absolute atomic E-state index is 0.157. The maximum Gasteiger partial charge on any atom is 0.246 e. The molecular formula is C9H15N3O2S. The average Bonchev–Trinajstić information content (AvgIpc) is 2.89. The van der Waals surface area contributed by atoms with Gasteiger partial charge in [0.25, 0.3) is 0 Å². The summed E-state index contributed by atoms with van der Waals surface area (Å²) in [6.07, 6.45) is 5.58. The summed E-state index contributed by atoms with van der Waals surface area (Å²) in [4.78, 5) is 0.267. The molecular weight excluding hydrogens is 214 g/mol. The number of nitrogens with one attached hydrogen (secondary N) is 1. The lowest BCUT2D eigenvalue weighted by molar-refractivity contribution is 0.379. The Kier molecular flexibility index (Phi) is 2.79. The molecule has 1 saturated heterocycles. The van der Waals surface area contributed by atoms with E-state index < -0.39 is 10.0 Å². The molecule has 2 heterocycles. The van der Waals surface area contributed by atoms with Crippen LogP contribution in [0.15, 0.2) is 17.3 Å². The quantitative estimate of drug-likeness (QED) is 0.840. The molecule has 1 atom stereocenters. The lowest BCUT2D eigenvalue weighted by Crippen LogP contribution is -2.34. The first kappa shape index (κ1) is 10.6. The zero-order valence-corrected chi connectivity index (χ0v) is 9.50. The van der Waals surface area contributed by atoms with Crippen LogP contribution in [0.2, 0.25) is 0 Å². The molecule has 0 amide bonds. The summed E-state index contributed by atoms with van der Waals surface area (Å²) in [6.45, 7) is 2.65. The second kappa shape index (κ2) is 3.94. The SMILES string of the molecule is CCC1CCCN1S(=O)(=O)c1cn[nH]c1. The summed E-state index contributed by atoms with van der Waals surface area (Å²) >= 11 is 0. The Labute approximate surface area is 89.5 Å². The molecule has 1 aromatic heterocycles. The number of H-pyrrole nitrogens is 1. The lowest BCUT2D eigenvalue weighted by Gasteiger charge is -2.21. The Balaban J connectivity index is 2.30. The van der Waals surface area contributed by atoms with Crippen LogP contribution in [0, 0.1) is 0 Å². The van der Waals surface area contributed by atoms with Crippen LogP contribution in [0.25, 0.3) is 0 Å². The van der Waals surface area contributed by atoms with Gasteiger partial charge >= 0.3 is 0 Å². The van der Waals surface area contributed by atoms with Gasteiger partial charge in [-0.2, -0.15) is 9.40 Å². The Morgan fingerprint density at radius 3 is 3.07 bits per heavy atom. The number of aromatic amines is 1. The van der Waals surface area contributed by atoms with Gasteiger partial charge in [0.1, 0.15) is 4.90 Å². The highest BCUT2D eigenvalue weighted by Gasteiger charge is 2.34. The molecule has 6 heteroatoms. The molecule has 0 aliphatic carbocycles. The van der Waals surface area contributed by atoms with Crippen molar-refractivity contribution < 1.29 is 8.42 Å². The van der Waals surface area contributed by atoms with Crippen LogP contribution in [0.4, 0.5) is 0 Å². The Hall–Kier alpha value is -0.880. The van der Waals surface area contributed by atoms with Gasteiger partial charge in [0.2, 0.25) is 10.0 Å². The van der Waals surface area contributed by atoms with Gasteiger partial charge in [-0.25, -0.2) is 8.42 Å². The van der Waals surface area contributed by atoms with Crippen LogP contribution in [0.5, 0.6) is 0 Å². The van der Waals surface area contributed by atoms with Gasteiger partial charge in [-0.15, -0.1) is 0 Å². The van der Waals surface area contributed by atoms with Crippen molar-refractivity contribution in [3.05, 3.63) is 12.4 Å². The van der Waals surface area contributed by atoms with Gasteiger partial charge < -0.3 is 0 Å². The van der Waals surface area contributed by atoms with E-state index in [0.717, 1.165) is 19.3 Å². The second-order valence-corrected chi connectivity index (χ2v) is 5.64. The van der Waals surface area contributed by atoms with Crippen molar-refractivity contribution in [2.45, 2.75) is 37.1 Å². The molecule has 0 radical (unpaired) electrons. The fourth-order valence-corrected chi connectivity index (χ4v) is 3.72. The van der Waals surface area contributed by atoms with E-state index in [2.05, 4.69) is 10.2 Å². The van der Waals surface area contributed by atoms with Gasteiger partial charge in [-0.05, 0) is 19.3 Å². The molecule has 1 aliphatic rings. The topological polar surface area (TPSA) is 66.1 Å². The standard InChI is InChI=1S/C9H15N3O2S/c1-2-8-4-3-5-12(8)15(13,14)9-6-10-11-7-9/h6-8H,2-5H2,1H3,(H,10,11). The molecule has 1 aliphatic heterocycles. The second-order valence-electron chi connectivity index (χ2n) is 3.75. The summed E-state index contributed by atoms with van der Waals surface area (Å²) in [5.41, 5.74) is 0. The summed E-state index contributed by atoms with van der Waals surface area (Å²) in [5, 5.41) is 6.22. The zero-order valence-electron chi connectivity index (χ0n) is 8.68. The predicted molar refractivity (Wildman–Crippen MR) is 55.8 cm³/mol. The summed E-state index contributed by atoms with van der Waals surface area (Å²) in [7, 11) is -3.32. The average molecular weight is 229 g/mol. The fraction of sp³-hybridized carbons (Fsp3) is 0.667. The number of hydrogen-bond donors (Lipinski definition) is 1. The fourth-order valence-electron chi connectivity index (χ4n) is 2.05. The van der Waals surface area contributed by atoms with Crippen molar-refractivity contribution >= 4 is 10.0 Å². The molecule has 1 unspecified atom stereocenters. The highest BCUT2D eigenvalue weighted by atomic mass is 32.2. The normalized spacial score (nSPS) is 23.4. The van der Waals surface area contributed by atoms with Crippen molar-refractivity contribution in [1.82, 2.24) is 14.5 Å². The van der Waals surface area contributed by atoms with Crippen molar-refractivity contribution in [3.63, 3.8) is 0 Å². The van der Waals surface area contributed by atoms with Gasteiger partial charge in [0, 0.05) is 18.8 Å². The van der Waals surface area contributed by atoms with E-state index >= 15 is 0 Å². The number of aromatic nitrogens is 2. The molecule has 2 rings (SSSR count). The van der Waals surface area contributed by atoms with Gasteiger partial charge in [-0.3, -0.25) is 5.10 Å². The summed E-state index contributed by atoms with van der Waals surface area (Å²) in [5.74, 6) is 0. The predicted octanol–water partition coefficient (Wildman–Crippen LogP) is 0.973. The number of nitrogens with zero attached hydrogens (tertiary/aromatic N) is 2. The van der Waals surface area contributed by atoms with Gasteiger partial charge in [0.15, 0.2) is 0 Å². The van der Waals surface area contributed by atoms with Crippen molar-refractivity contribution in [3.8, 4) is 0 Å². The van der Waals surface area contributed by atoms with E-state index in [0.29, 0.717) is 6.54 Å². The minimum Gasteiger partial charge on any atom is -0.284 e. The Morgan fingerprint density at radius 1 is 1.67 bits per heavy atom. The molecule has 0 bridgehead atoms. The molecule has 0 spiro atoms. The van der Waals surface area contributed by atoms with Crippen molar-refractivity contribution in [1.29, 1.82) is 0 Å².